The second kappa shape index (κ2) is 9.65. The number of para-hydroxylation sites is 2. The van der Waals surface area contributed by atoms with E-state index in [-0.39, 0.29) is 22.8 Å². The topological polar surface area (TPSA) is 113 Å². The maximum Gasteiger partial charge on any atom is 0.326 e. The van der Waals surface area contributed by atoms with Crippen LogP contribution in [0, 0.1) is 16.0 Å². The highest BCUT2D eigenvalue weighted by Crippen LogP contribution is 2.41. The lowest BCUT2D eigenvalue weighted by Gasteiger charge is -2.45. The van der Waals surface area contributed by atoms with Crippen molar-refractivity contribution in [3.05, 3.63) is 74.7 Å². The van der Waals surface area contributed by atoms with Gasteiger partial charge in [-0.25, -0.2) is 9.80 Å². The zero-order chi connectivity index (χ0) is 24.4. The summed E-state index contributed by atoms with van der Waals surface area (Å²) in [6.07, 6.45) is 8.69. The maximum absolute atomic E-state index is 13.2. The highest BCUT2D eigenvalue weighted by Gasteiger charge is 2.41. The molecule has 3 aromatic rings. The molecule has 1 amide bonds. The van der Waals surface area contributed by atoms with Crippen molar-refractivity contribution in [2.24, 2.45) is 5.92 Å². The number of hydrogen-bond donors (Lipinski definition) is 2. The Labute approximate surface area is 203 Å². The van der Waals surface area contributed by atoms with Gasteiger partial charge in [0.25, 0.3) is 11.6 Å². The summed E-state index contributed by atoms with van der Waals surface area (Å²) in [7, 11) is 0. The number of hydrogen-bond acceptors (Lipinski definition) is 5. The van der Waals surface area contributed by atoms with Gasteiger partial charge in [-0.2, -0.15) is 0 Å². The first-order valence-corrected chi connectivity index (χ1v) is 12.5. The summed E-state index contributed by atoms with van der Waals surface area (Å²) in [5.74, 6) is 0.314. The van der Waals surface area contributed by atoms with Gasteiger partial charge >= 0.3 is 5.69 Å². The van der Waals surface area contributed by atoms with Gasteiger partial charge in [-0.05, 0) is 49.4 Å². The Kier molecular flexibility index (Phi) is 6.42. The highest BCUT2D eigenvalue weighted by atomic mass is 16.6. The lowest BCUT2D eigenvalue weighted by atomic mass is 9.75. The van der Waals surface area contributed by atoms with Gasteiger partial charge in [0.15, 0.2) is 0 Å². The van der Waals surface area contributed by atoms with Crippen molar-refractivity contribution in [1.29, 1.82) is 0 Å². The smallest absolute Gasteiger partial charge is 0.306 e. The van der Waals surface area contributed by atoms with Crippen LogP contribution in [-0.4, -0.2) is 38.5 Å². The molecule has 2 aromatic carbocycles. The molecule has 1 saturated heterocycles. The summed E-state index contributed by atoms with van der Waals surface area (Å²) < 4.78 is 1.99. The van der Waals surface area contributed by atoms with Crippen LogP contribution in [0.4, 0.5) is 5.69 Å². The lowest BCUT2D eigenvalue weighted by Crippen LogP contribution is -2.54. The number of non-ortho nitro benzene ring substituents is 1. The summed E-state index contributed by atoms with van der Waals surface area (Å²) in [6, 6.07) is 13.5. The van der Waals surface area contributed by atoms with E-state index in [1.807, 2.05) is 33.8 Å². The Hall–Kier alpha value is -3.46. The molecule has 0 atom stereocenters. The van der Waals surface area contributed by atoms with Crippen molar-refractivity contribution in [2.75, 3.05) is 13.1 Å². The number of piperidine rings is 1. The van der Waals surface area contributed by atoms with Crippen molar-refractivity contribution in [3.63, 3.8) is 0 Å². The Morgan fingerprint density at radius 2 is 1.74 bits per heavy atom. The van der Waals surface area contributed by atoms with Gasteiger partial charge in [-0.1, -0.05) is 44.2 Å². The number of rotatable bonds is 6. The minimum atomic E-state index is -0.481. The van der Waals surface area contributed by atoms with Crippen molar-refractivity contribution in [2.45, 2.75) is 56.9 Å². The zero-order valence-electron chi connectivity index (χ0n) is 19.7. The van der Waals surface area contributed by atoms with Gasteiger partial charge in [0.2, 0.25) is 0 Å². The summed E-state index contributed by atoms with van der Waals surface area (Å²) in [6.45, 7) is 1.24. The Morgan fingerprint density at radius 3 is 2.43 bits per heavy atom. The Bertz CT molecular complexity index is 1260. The molecule has 9 nitrogen and oxygen atoms in total. The maximum atomic E-state index is 13.2. The Morgan fingerprint density at radius 1 is 1.06 bits per heavy atom. The number of nitro groups is 1. The number of nitrogens with one attached hydrogen (secondary N) is 2. The number of imidazole rings is 1. The molecule has 5 rings (SSSR count). The van der Waals surface area contributed by atoms with Gasteiger partial charge in [0.05, 0.1) is 21.5 Å². The Balaban J connectivity index is 1.35. The number of aromatic amines is 1. The largest absolute Gasteiger partial charge is 0.326 e. The predicted molar refractivity (Wildman–Crippen MR) is 133 cm³/mol. The number of carbonyl (C=O) groups is 1. The van der Waals surface area contributed by atoms with E-state index in [1.54, 1.807) is 0 Å². The van der Waals surface area contributed by atoms with Crippen molar-refractivity contribution in [3.8, 4) is 0 Å². The zero-order valence-corrected chi connectivity index (χ0v) is 19.7. The molecule has 2 heterocycles. The molecule has 1 aromatic heterocycles. The molecule has 0 radical (unpaired) electrons. The summed E-state index contributed by atoms with van der Waals surface area (Å²) >= 11 is 0. The molecule has 2 fully saturated rings. The lowest BCUT2D eigenvalue weighted by molar-refractivity contribution is -0.384. The standard InChI is InChI=1S/C26H31N5O4/c32-24(20-10-12-21(13-11-20)31(34)35)28-29-16-14-26(15-17-29,18-19-6-2-1-3-7-19)30-23-9-5-4-8-22(23)27-25(30)33/h4-5,8-13,19H,1-3,6-7,14-18H2,(H,27,33)(H,28,32). The van der Waals surface area contributed by atoms with E-state index < -0.39 is 4.92 Å². The number of nitrogens with zero attached hydrogens (tertiary/aromatic N) is 3. The molecule has 0 unspecified atom stereocenters. The molecule has 184 valence electrons. The van der Waals surface area contributed by atoms with Crippen molar-refractivity contribution in [1.82, 2.24) is 20.0 Å². The van der Waals surface area contributed by atoms with E-state index in [0.717, 1.165) is 30.3 Å². The fourth-order valence-corrected chi connectivity index (χ4v) is 5.95. The molecular formula is C26H31N5O4. The van der Waals surface area contributed by atoms with Gasteiger partial charge in [-0.15, -0.1) is 0 Å². The number of benzene rings is 2. The SMILES string of the molecule is O=C(NN1CCC(CC2CCCCC2)(n2c(=O)[nH]c3ccccc32)CC1)c1ccc([N+](=O)[O-])cc1. The molecule has 2 aliphatic rings. The number of carbonyl (C=O) groups excluding carboxylic acids is 1. The van der Waals surface area contributed by atoms with Crippen LogP contribution in [0.5, 0.6) is 0 Å². The molecule has 1 aliphatic heterocycles. The van der Waals surface area contributed by atoms with Crippen LogP contribution in [0.1, 0.15) is 61.7 Å². The van der Waals surface area contributed by atoms with Crippen LogP contribution in [0.3, 0.4) is 0 Å². The first-order chi connectivity index (χ1) is 16.9. The number of nitro benzene ring substituents is 1. The van der Waals surface area contributed by atoms with E-state index >= 15 is 0 Å². The van der Waals surface area contributed by atoms with E-state index in [9.17, 15) is 19.7 Å². The average molecular weight is 478 g/mol. The monoisotopic (exact) mass is 477 g/mol. The fraction of sp³-hybridized carbons (Fsp3) is 0.462. The van der Waals surface area contributed by atoms with Crippen LogP contribution >= 0.6 is 0 Å². The van der Waals surface area contributed by atoms with Gasteiger partial charge in [0, 0.05) is 30.8 Å². The van der Waals surface area contributed by atoms with Gasteiger partial charge in [0.1, 0.15) is 0 Å². The molecule has 2 N–H and O–H groups in total. The number of H-pyrrole nitrogens is 1. The van der Waals surface area contributed by atoms with Crippen LogP contribution in [0.25, 0.3) is 11.0 Å². The fourth-order valence-electron chi connectivity index (χ4n) is 5.95. The second-order valence-corrected chi connectivity index (χ2v) is 9.95. The van der Waals surface area contributed by atoms with Crippen molar-refractivity contribution >= 4 is 22.6 Å². The van der Waals surface area contributed by atoms with Crippen LogP contribution in [-0.2, 0) is 5.54 Å². The molecule has 1 aliphatic carbocycles. The summed E-state index contributed by atoms with van der Waals surface area (Å²) in [5, 5.41) is 12.8. The van der Waals surface area contributed by atoms with Crippen molar-refractivity contribution < 1.29 is 9.72 Å². The number of aromatic nitrogens is 2. The van der Waals surface area contributed by atoms with Gasteiger partial charge in [-0.3, -0.25) is 24.9 Å². The third-order valence-corrected chi connectivity index (χ3v) is 7.75. The van der Waals surface area contributed by atoms with E-state index in [4.69, 9.17) is 0 Å². The molecule has 0 bridgehead atoms. The minimum absolute atomic E-state index is 0.0452. The predicted octanol–water partition coefficient (Wildman–Crippen LogP) is 4.34. The first-order valence-electron chi connectivity index (χ1n) is 12.5. The van der Waals surface area contributed by atoms with Gasteiger partial charge < -0.3 is 4.98 Å². The third kappa shape index (κ3) is 4.73. The summed E-state index contributed by atoms with van der Waals surface area (Å²) in [5.41, 5.74) is 4.72. The number of amides is 1. The first kappa shape index (κ1) is 23.3. The molecule has 1 saturated carbocycles. The van der Waals surface area contributed by atoms with Crippen LogP contribution in [0.2, 0.25) is 0 Å². The highest BCUT2D eigenvalue weighted by molar-refractivity contribution is 5.94. The van der Waals surface area contributed by atoms with E-state index in [1.165, 1.54) is 56.4 Å². The molecule has 35 heavy (non-hydrogen) atoms. The number of hydrazine groups is 1. The minimum Gasteiger partial charge on any atom is -0.306 e. The molecule has 0 spiro atoms. The van der Waals surface area contributed by atoms with Crippen LogP contribution in [0.15, 0.2) is 53.3 Å². The molecular weight excluding hydrogens is 446 g/mol. The van der Waals surface area contributed by atoms with E-state index in [0.29, 0.717) is 24.6 Å². The average Bonchev–Trinajstić information content (AvgIpc) is 3.22. The second-order valence-electron chi connectivity index (χ2n) is 9.95. The van der Waals surface area contributed by atoms with E-state index in [2.05, 4.69) is 10.4 Å². The normalized spacial score (nSPS) is 19.0. The molecule has 9 heteroatoms. The summed E-state index contributed by atoms with van der Waals surface area (Å²) in [4.78, 5) is 39.4. The van der Waals surface area contributed by atoms with Crippen LogP contribution < -0.4 is 11.1 Å². The number of fused-ring (bicyclic) bond motifs is 1. The third-order valence-electron chi connectivity index (χ3n) is 7.75. The quantitative estimate of drug-likeness (QED) is 0.405.